The molecule has 1 aliphatic heterocycles. The van der Waals surface area contributed by atoms with Crippen molar-refractivity contribution in [2.75, 3.05) is 6.79 Å². The van der Waals surface area contributed by atoms with E-state index in [4.69, 9.17) is 9.47 Å². The molecule has 0 fully saturated rings. The Bertz CT molecular complexity index is 189. The molecule has 0 saturated carbocycles. The minimum atomic E-state index is 0.336. The average Bonchev–Trinajstić information content (AvgIpc) is 2.31. The first-order valence-electron chi connectivity index (χ1n) is 3.10. The van der Waals surface area contributed by atoms with E-state index >= 15 is 0 Å². The first-order valence-corrected chi connectivity index (χ1v) is 3.10. The van der Waals surface area contributed by atoms with Gasteiger partial charge in [-0.05, 0) is 13.0 Å². The summed E-state index contributed by atoms with van der Waals surface area (Å²) in [5.41, 5.74) is 0. The van der Waals surface area contributed by atoms with Crippen LogP contribution in [0.4, 0.5) is 0 Å². The minimum absolute atomic E-state index is 0.336. The van der Waals surface area contributed by atoms with Crippen molar-refractivity contribution in [3.8, 4) is 0 Å². The molecule has 54 valence electrons. The van der Waals surface area contributed by atoms with E-state index in [2.05, 4.69) is 6.58 Å². The highest BCUT2D eigenvalue weighted by molar-refractivity contribution is 5.19. The predicted octanol–water partition coefficient (Wildman–Crippen LogP) is 1.96. The SMILES string of the molecule is C=CC=CC1=C(C)OCO1. The quantitative estimate of drug-likeness (QED) is 0.543. The zero-order valence-electron chi connectivity index (χ0n) is 5.96. The van der Waals surface area contributed by atoms with Gasteiger partial charge >= 0.3 is 0 Å². The Balaban J connectivity index is 2.62. The van der Waals surface area contributed by atoms with Crippen molar-refractivity contribution in [3.63, 3.8) is 0 Å². The van der Waals surface area contributed by atoms with Gasteiger partial charge in [0.05, 0.1) is 0 Å². The lowest BCUT2D eigenvalue weighted by atomic mass is 10.4. The number of rotatable bonds is 2. The second-order valence-electron chi connectivity index (χ2n) is 1.92. The maximum Gasteiger partial charge on any atom is 0.230 e. The van der Waals surface area contributed by atoms with Crippen LogP contribution >= 0.6 is 0 Å². The van der Waals surface area contributed by atoms with Gasteiger partial charge in [0.2, 0.25) is 6.79 Å². The molecule has 1 rings (SSSR count). The second-order valence-corrected chi connectivity index (χ2v) is 1.92. The van der Waals surface area contributed by atoms with Gasteiger partial charge in [0.15, 0.2) is 5.76 Å². The molecule has 0 unspecified atom stereocenters. The Hall–Kier alpha value is -1.18. The largest absolute Gasteiger partial charge is 0.458 e. The summed E-state index contributed by atoms with van der Waals surface area (Å²) in [6.45, 7) is 5.75. The van der Waals surface area contributed by atoms with Crippen LogP contribution in [0.15, 0.2) is 36.3 Å². The molecule has 0 radical (unpaired) electrons. The molecule has 2 heteroatoms. The van der Waals surface area contributed by atoms with Gasteiger partial charge in [-0.15, -0.1) is 0 Å². The normalized spacial score (nSPS) is 17.3. The summed E-state index contributed by atoms with van der Waals surface area (Å²) in [6, 6.07) is 0. The molecule has 0 aromatic rings. The van der Waals surface area contributed by atoms with Gasteiger partial charge in [0.25, 0.3) is 0 Å². The molecule has 0 saturated heterocycles. The average molecular weight is 138 g/mol. The molecule has 0 atom stereocenters. The molecule has 1 heterocycles. The van der Waals surface area contributed by atoms with E-state index in [-0.39, 0.29) is 0 Å². The standard InChI is InChI=1S/C8H10O2/c1-3-4-5-8-7(2)9-6-10-8/h3-5H,1,6H2,2H3. The highest BCUT2D eigenvalue weighted by Crippen LogP contribution is 2.15. The van der Waals surface area contributed by atoms with E-state index in [0.717, 1.165) is 11.5 Å². The van der Waals surface area contributed by atoms with E-state index in [1.54, 1.807) is 6.08 Å². The number of hydrogen-bond donors (Lipinski definition) is 0. The molecule has 2 nitrogen and oxygen atoms in total. The lowest BCUT2D eigenvalue weighted by Gasteiger charge is -1.89. The van der Waals surface area contributed by atoms with Gasteiger partial charge < -0.3 is 9.47 Å². The first-order chi connectivity index (χ1) is 4.84. The molecule has 0 bridgehead atoms. The highest BCUT2D eigenvalue weighted by Gasteiger charge is 2.08. The zero-order chi connectivity index (χ0) is 7.40. The summed E-state index contributed by atoms with van der Waals surface area (Å²) in [4.78, 5) is 0. The fourth-order valence-electron chi connectivity index (χ4n) is 0.675. The van der Waals surface area contributed by atoms with Crippen molar-refractivity contribution >= 4 is 0 Å². The van der Waals surface area contributed by atoms with Crippen molar-refractivity contribution in [1.82, 2.24) is 0 Å². The van der Waals surface area contributed by atoms with E-state index in [9.17, 15) is 0 Å². The van der Waals surface area contributed by atoms with Crippen molar-refractivity contribution in [3.05, 3.63) is 36.3 Å². The Morgan fingerprint density at radius 1 is 1.50 bits per heavy atom. The van der Waals surface area contributed by atoms with Crippen LogP contribution in [0.25, 0.3) is 0 Å². The van der Waals surface area contributed by atoms with Crippen LogP contribution in [0.5, 0.6) is 0 Å². The van der Waals surface area contributed by atoms with Gasteiger partial charge in [-0.2, -0.15) is 0 Å². The van der Waals surface area contributed by atoms with Crippen LogP contribution in [-0.2, 0) is 9.47 Å². The molecule has 0 spiro atoms. The minimum Gasteiger partial charge on any atom is -0.458 e. The van der Waals surface area contributed by atoms with E-state index in [1.807, 2.05) is 19.1 Å². The molecule has 0 aliphatic carbocycles. The zero-order valence-corrected chi connectivity index (χ0v) is 5.96. The molecular formula is C8H10O2. The maximum atomic E-state index is 5.09. The first kappa shape index (κ1) is 6.93. The number of hydrogen-bond acceptors (Lipinski definition) is 2. The summed E-state index contributed by atoms with van der Waals surface area (Å²) in [6.07, 6.45) is 5.34. The molecule has 0 amide bonds. The van der Waals surface area contributed by atoms with Crippen LogP contribution in [0.3, 0.4) is 0 Å². The lowest BCUT2D eigenvalue weighted by molar-refractivity contribution is 0.0750. The third-order valence-corrected chi connectivity index (χ3v) is 1.22. The summed E-state index contributed by atoms with van der Waals surface area (Å²) >= 11 is 0. The van der Waals surface area contributed by atoms with Crippen LogP contribution in [0.2, 0.25) is 0 Å². The van der Waals surface area contributed by atoms with Crippen LogP contribution < -0.4 is 0 Å². The van der Waals surface area contributed by atoms with E-state index < -0.39 is 0 Å². The molecule has 0 aromatic heterocycles. The van der Waals surface area contributed by atoms with Crippen molar-refractivity contribution in [1.29, 1.82) is 0 Å². The van der Waals surface area contributed by atoms with Crippen LogP contribution in [0, 0.1) is 0 Å². The van der Waals surface area contributed by atoms with E-state index in [1.165, 1.54) is 0 Å². The summed E-state index contributed by atoms with van der Waals surface area (Å²) < 4.78 is 10.1. The molecule has 0 aromatic carbocycles. The maximum absolute atomic E-state index is 5.09. The molecule has 0 N–H and O–H groups in total. The molecule has 10 heavy (non-hydrogen) atoms. The fraction of sp³-hybridized carbons (Fsp3) is 0.250. The predicted molar refractivity (Wildman–Crippen MR) is 39.1 cm³/mol. The summed E-state index contributed by atoms with van der Waals surface area (Å²) in [5.74, 6) is 1.62. The number of ether oxygens (including phenoxy) is 2. The van der Waals surface area contributed by atoms with Crippen LogP contribution in [-0.4, -0.2) is 6.79 Å². The Labute approximate surface area is 60.4 Å². The Morgan fingerprint density at radius 2 is 2.30 bits per heavy atom. The smallest absolute Gasteiger partial charge is 0.230 e. The highest BCUT2D eigenvalue weighted by atomic mass is 16.7. The van der Waals surface area contributed by atoms with Gasteiger partial charge in [-0.25, -0.2) is 0 Å². The van der Waals surface area contributed by atoms with Gasteiger partial charge in [0, 0.05) is 0 Å². The summed E-state index contributed by atoms with van der Waals surface area (Å²) in [5, 5.41) is 0. The topological polar surface area (TPSA) is 18.5 Å². The lowest BCUT2D eigenvalue weighted by Crippen LogP contribution is -1.80. The van der Waals surface area contributed by atoms with E-state index in [0.29, 0.717) is 6.79 Å². The fourth-order valence-corrected chi connectivity index (χ4v) is 0.675. The van der Waals surface area contributed by atoms with Crippen molar-refractivity contribution < 1.29 is 9.47 Å². The third kappa shape index (κ3) is 1.41. The van der Waals surface area contributed by atoms with Crippen LogP contribution in [0.1, 0.15) is 6.92 Å². The molecular weight excluding hydrogens is 128 g/mol. The van der Waals surface area contributed by atoms with Gasteiger partial charge in [0.1, 0.15) is 5.76 Å². The Morgan fingerprint density at radius 3 is 2.80 bits per heavy atom. The van der Waals surface area contributed by atoms with Crippen molar-refractivity contribution in [2.24, 2.45) is 0 Å². The van der Waals surface area contributed by atoms with Gasteiger partial charge in [-0.3, -0.25) is 0 Å². The van der Waals surface area contributed by atoms with Gasteiger partial charge in [-0.1, -0.05) is 18.7 Å². The third-order valence-electron chi connectivity index (χ3n) is 1.22. The monoisotopic (exact) mass is 138 g/mol. The Kier molecular flexibility index (Phi) is 2.15. The molecule has 1 aliphatic rings. The summed E-state index contributed by atoms with van der Waals surface area (Å²) in [7, 11) is 0. The van der Waals surface area contributed by atoms with Crippen molar-refractivity contribution in [2.45, 2.75) is 6.92 Å². The number of allylic oxidation sites excluding steroid dienone is 4. The second kappa shape index (κ2) is 3.11.